The van der Waals surface area contributed by atoms with E-state index in [-0.39, 0.29) is 41.6 Å². The second kappa shape index (κ2) is 10.1. The van der Waals surface area contributed by atoms with Gasteiger partial charge in [0.05, 0.1) is 6.54 Å². The van der Waals surface area contributed by atoms with Gasteiger partial charge in [-0.2, -0.15) is 0 Å². The van der Waals surface area contributed by atoms with Crippen molar-refractivity contribution in [3.8, 4) is 5.75 Å². The van der Waals surface area contributed by atoms with Gasteiger partial charge in [-0.1, -0.05) is 72.8 Å². The number of alkyl halides is 1. The Labute approximate surface area is 222 Å². The van der Waals surface area contributed by atoms with E-state index < -0.39 is 5.67 Å². The predicted octanol–water partition coefficient (Wildman–Crippen LogP) is 6.28. The molecular weight excluding hydrogens is 477 g/mol. The topological polar surface area (TPSA) is 80.4 Å². The number of carbonyl (C=O) groups is 2. The summed E-state index contributed by atoms with van der Waals surface area (Å²) in [5.74, 6) is -0.0870. The fourth-order valence-electron chi connectivity index (χ4n) is 5.78. The molecule has 3 N–H and O–H groups in total. The first kappa shape index (κ1) is 25.8. The van der Waals surface area contributed by atoms with E-state index in [2.05, 4.69) is 0 Å². The molecule has 2 aliphatic carbocycles. The minimum Gasteiger partial charge on any atom is -0.508 e. The number of Topliss-reactive ketones (excluding diaryl/α,β-unsaturated/α-hetero) is 2. The molecule has 4 nitrogen and oxygen atoms in total. The highest BCUT2D eigenvalue weighted by atomic mass is 19.1. The maximum absolute atomic E-state index is 14.3. The number of hydrogen-bond acceptors (Lipinski definition) is 4. The minimum absolute atomic E-state index is 0.00792. The number of hydrogen-bond donors (Lipinski definition) is 2. The van der Waals surface area contributed by atoms with Gasteiger partial charge in [0.2, 0.25) is 0 Å². The van der Waals surface area contributed by atoms with E-state index in [1.54, 1.807) is 36.4 Å². The SMILES string of the molecule is CC(C)(F)c1ccc(CC2CC3C(c4ccc(O)cc4)=C(c4ccc(C(=O)CN)cc4)C=CC3C2=O)cc1. The fraction of sp³-hybridized carbons (Fsp3) is 0.273. The second-order valence-electron chi connectivity index (χ2n) is 10.8. The third-order valence-electron chi connectivity index (χ3n) is 7.84. The molecule has 38 heavy (non-hydrogen) atoms. The van der Waals surface area contributed by atoms with Gasteiger partial charge in [-0.05, 0) is 78.1 Å². The molecule has 3 unspecified atom stereocenters. The molecule has 194 valence electrons. The van der Waals surface area contributed by atoms with E-state index in [9.17, 15) is 19.1 Å². The number of phenols is 1. The number of aromatic hydroxyl groups is 1. The number of rotatable bonds is 7. The van der Waals surface area contributed by atoms with Crippen LogP contribution in [0.25, 0.3) is 11.1 Å². The van der Waals surface area contributed by atoms with Gasteiger partial charge in [0, 0.05) is 17.4 Å². The normalized spacial score (nSPS) is 21.1. The first-order valence-electron chi connectivity index (χ1n) is 13.0. The van der Waals surface area contributed by atoms with Crippen LogP contribution in [-0.4, -0.2) is 23.2 Å². The van der Waals surface area contributed by atoms with Crippen LogP contribution in [0.15, 0.2) is 84.9 Å². The van der Waals surface area contributed by atoms with Crippen molar-refractivity contribution in [1.82, 2.24) is 0 Å². The Kier molecular flexibility index (Phi) is 6.89. The zero-order valence-corrected chi connectivity index (χ0v) is 21.7. The molecule has 1 saturated carbocycles. The van der Waals surface area contributed by atoms with Crippen LogP contribution in [0.3, 0.4) is 0 Å². The van der Waals surface area contributed by atoms with Crippen molar-refractivity contribution in [3.05, 3.63) is 113 Å². The number of benzene rings is 3. The Balaban J connectivity index is 1.49. The molecule has 0 bridgehead atoms. The number of halogens is 1. The van der Waals surface area contributed by atoms with Crippen molar-refractivity contribution in [1.29, 1.82) is 0 Å². The van der Waals surface area contributed by atoms with Crippen LogP contribution < -0.4 is 5.73 Å². The number of nitrogens with two attached hydrogens (primary N) is 1. The van der Waals surface area contributed by atoms with Crippen LogP contribution in [-0.2, 0) is 16.9 Å². The maximum Gasteiger partial charge on any atom is 0.176 e. The second-order valence-corrected chi connectivity index (χ2v) is 10.8. The van der Waals surface area contributed by atoms with Crippen molar-refractivity contribution < 1.29 is 19.1 Å². The lowest BCUT2D eigenvalue weighted by Crippen LogP contribution is -2.19. The van der Waals surface area contributed by atoms with Gasteiger partial charge >= 0.3 is 0 Å². The van der Waals surface area contributed by atoms with Crippen LogP contribution >= 0.6 is 0 Å². The molecule has 5 rings (SSSR count). The molecular formula is C33H32FNO3. The van der Waals surface area contributed by atoms with Crippen molar-refractivity contribution in [2.24, 2.45) is 23.5 Å². The number of allylic oxidation sites excluding steroid dienone is 4. The molecule has 3 atom stereocenters. The van der Waals surface area contributed by atoms with Gasteiger partial charge in [0.1, 0.15) is 17.2 Å². The summed E-state index contributed by atoms with van der Waals surface area (Å²) in [7, 11) is 0. The zero-order valence-electron chi connectivity index (χ0n) is 21.7. The number of ketones is 2. The molecule has 5 heteroatoms. The molecule has 1 fully saturated rings. The van der Waals surface area contributed by atoms with E-state index in [4.69, 9.17) is 5.73 Å². The predicted molar refractivity (Wildman–Crippen MR) is 148 cm³/mol. The summed E-state index contributed by atoms with van der Waals surface area (Å²) in [6.07, 6.45) is 5.34. The van der Waals surface area contributed by atoms with Gasteiger partial charge in [0.25, 0.3) is 0 Å². The van der Waals surface area contributed by atoms with Crippen LogP contribution in [0.1, 0.15) is 52.9 Å². The monoisotopic (exact) mass is 509 g/mol. The molecule has 3 aromatic carbocycles. The molecule has 0 heterocycles. The largest absolute Gasteiger partial charge is 0.508 e. The Hall–Kier alpha value is -3.83. The maximum atomic E-state index is 14.3. The summed E-state index contributed by atoms with van der Waals surface area (Å²) in [5.41, 5.74) is 10.3. The van der Waals surface area contributed by atoms with Crippen molar-refractivity contribution >= 4 is 22.7 Å². The molecule has 3 aromatic rings. The number of carbonyl (C=O) groups excluding carboxylic acids is 2. The van der Waals surface area contributed by atoms with Crippen molar-refractivity contribution in [3.63, 3.8) is 0 Å². The highest BCUT2D eigenvalue weighted by molar-refractivity contribution is 6.03. The third-order valence-corrected chi connectivity index (χ3v) is 7.84. The van der Waals surface area contributed by atoms with Gasteiger partial charge < -0.3 is 10.8 Å². The lowest BCUT2D eigenvalue weighted by molar-refractivity contribution is -0.122. The van der Waals surface area contributed by atoms with Crippen molar-refractivity contribution in [2.75, 3.05) is 6.54 Å². The summed E-state index contributed by atoms with van der Waals surface area (Å²) < 4.78 is 14.3. The zero-order chi connectivity index (χ0) is 27.0. The van der Waals surface area contributed by atoms with E-state index in [1.165, 1.54) is 13.8 Å². The van der Waals surface area contributed by atoms with Gasteiger partial charge in [-0.25, -0.2) is 4.39 Å². The van der Waals surface area contributed by atoms with Crippen LogP contribution in [0.4, 0.5) is 4.39 Å². The Morgan fingerprint density at radius 3 is 2.21 bits per heavy atom. The summed E-state index contributed by atoms with van der Waals surface area (Å²) in [4.78, 5) is 25.6. The minimum atomic E-state index is -1.41. The fourth-order valence-corrected chi connectivity index (χ4v) is 5.78. The van der Waals surface area contributed by atoms with E-state index in [0.29, 0.717) is 24.0 Å². The van der Waals surface area contributed by atoms with Crippen LogP contribution in [0.2, 0.25) is 0 Å². The third kappa shape index (κ3) is 4.99. The number of fused-ring (bicyclic) bond motifs is 1. The summed E-state index contributed by atoms with van der Waals surface area (Å²) >= 11 is 0. The molecule has 0 aromatic heterocycles. The quantitative estimate of drug-likeness (QED) is 0.367. The van der Waals surface area contributed by atoms with E-state index >= 15 is 0 Å². The Morgan fingerprint density at radius 1 is 0.974 bits per heavy atom. The van der Waals surface area contributed by atoms with Crippen LogP contribution in [0, 0.1) is 17.8 Å². The van der Waals surface area contributed by atoms with E-state index in [1.807, 2.05) is 48.6 Å². The average molecular weight is 510 g/mol. The van der Waals surface area contributed by atoms with E-state index in [0.717, 1.165) is 27.8 Å². The van der Waals surface area contributed by atoms with Crippen molar-refractivity contribution in [2.45, 2.75) is 32.4 Å². The molecule has 0 radical (unpaired) electrons. The van der Waals surface area contributed by atoms with Gasteiger partial charge in [-0.3, -0.25) is 9.59 Å². The lowest BCUT2D eigenvalue weighted by atomic mass is 9.76. The lowest BCUT2D eigenvalue weighted by Gasteiger charge is -2.27. The highest BCUT2D eigenvalue weighted by Gasteiger charge is 2.44. The van der Waals surface area contributed by atoms with Crippen LogP contribution in [0.5, 0.6) is 5.75 Å². The molecule has 2 aliphatic rings. The summed E-state index contributed by atoms with van der Waals surface area (Å²) in [6.45, 7) is 3.04. The number of phenolic OH excluding ortho intramolecular Hbond substituents is 1. The molecule has 0 saturated heterocycles. The Morgan fingerprint density at radius 2 is 1.61 bits per heavy atom. The smallest absolute Gasteiger partial charge is 0.176 e. The standard InChI is InChI=1S/C33H32FNO3/c1-33(2,34)25-11-3-20(4-12-25)17-24-18-29-28(32(24)38)16-15-27(31(29)23-9-13-26(36)14-10-23)21-5-7-22(8-6-21)30(37)19-35/h3-16,24,28-29,36H,17-19,35H2,1-2H3. The summed E-state index contributed by atoms with van der Waals surface area (Å²) in [6, 6.07) is 22.0. The Bertz CT molecular complexity index is 1410. The van der Waals surface area contributed by atoms with Gasteiger partial charge in [0.15, 0.2) is 5.78 Å². The first-order chi connectivity index (χ1) is 18.2. The summed E-state index contributed by atoms with van der Waals surface area (Å²) in [5, 5.41) is 9.90. The molecule has 0 aliphatic heterocycles. The molecule has 0 spiro atoms. The molecule has 0 amide bonds. The first-order valence-corrected chi connectivity index (χ1v) is 13.0. The van der Waals surface area contributed by atoms with Gasteiger partial charge in [-0.15, -0.1) is 0 Å². The highest BCUT2D eigenvalue weighted by Crippen LogP contribution is 2.49. The average Bonchev–Trinajstić information content (AvgIpc) is 3.23.